The van der Waals surface area contributed by atoms with E-state index in [-0.39, 0.29) is 5.69 Å². The van der Waals surface area contributed by atoms with E-state index in [2.05, 4.69) is 5.32 Å². The SMILES string of the molecule is CCC1(C(=O)O)CCCN1C(=O)Nc1ccccc1F. The highest BCUT2D eigenvalue weighted by molar-refractivity contribution is 5.94. The Morgan fingerprint density at radius 1 is 1.45 bits per heavy atom. The van der Waals surface area contributed by atoms with Gasteiger partial charge >= 0.3 is 12.0 Å². The Labute approximate surface area is 116 Å². The number of hydrogen-bond acceptors (Lipinski definition) is 2. The molecule has 1 aliphatic heterocycles. The van der Waals surface area contributed by atoms with Crippen LogP contribution in [0.4, 0.5) is 14.9 Å². The first-order valence-electron chi connectivity index (χ1n) is 6.58. The molecule has 2 amide bonds. The summed E-state index contributed by atoms with van der Waals surface area (Å²) in [5, 5.41) is 11.9. The van der Waals surface area contributed by atoms with Crippen LogP contribution in [0.15, 0.2) is 24.3 Å². The van der Waals surface area contributed by atoms with Crippen molar-refractivity contribution in [2.24, 2.45) is 0 Å². The molecular weight excluding hydrogens is 263 g/mol. The molecule has 0 radical (unpaired) electrons. The van der Waals surface area contributed by atoms with Crippen LogP contribution in [0, 0.1) is 5.82 Å². The van der Waals surface area contributed by atoms with Crippen LogP contribution in [0.25, 0.3) is 0 Å². The quantitative estimate of drug-likeness (QED) is 0.894. The number of anilines is 1. The number of carboxylic acids is 1. The second kappa shape index (κ2) is 5.48. The summed E-state index contributed by atoms with van der Waals surface area (Å²) in [5.41, 5.74) is -1.13. The molecule has 5 nitrogen and oxygen atoms in total. The van der Waals surface area contributed by atoms with Crippen molar-refractivity contribution in [3.63, 3.8) is 0 Å². The summed E-state index contributed by atoms with van der Waals surface area (Å²) in [7, 11) is 0. The maximum Gasteiger partial charge on any atom is 0.329 e. The van der Waals surface area contributed by atoms with E-state index in [0.717, 1.165) is 0 Å². The molecule has 1 aliphatic rings. The van der Waals surface area contributed by atoms with E-state index in [1.807, 2.05) is 0 Å². The van der Waals surface area contributed by atoms with Gasteiger partial charge < -0.3 is 15.3 Å². The predicted molar refractivity (Wildman–Crippen MR) is 72.0 cm³/mol. The van der Waals surface area contributed by atoms with Crippen LogP contribution in [0.3, 0.4) is 0 Å². The lowest BCUT2D eigenvalue weighted by atomic mass is 9.93. The van der Waals surface area contributed by atoms with Crippen molar-refractivity contribution < 1.29 is 19.1 Å². The van der Waals surface area contributed by atoms with E-state index < -0.39 is 23.4 Å². The van der Waals surface area contributed by atoms with E-state index in [1.165, 1.54) is 23.1 Å². The topological polar surface area (TPSA) is 69.6 Å². The Balaban J connectivity index is 2.21. The highest BCUT2D eigenvalue weighted by atomic mass is 19.1. The Hall–Kier alpha value is -2.11. The molecule has 1 saturated heterocycles. The van der Waals surface area contributed by atoms with Crippen molar-refractivity contribution in [2.75, 3.05) is 11.9 Å². The standard InChI is InChI=1S/C14H17FN2O3/c1-2-14(12(18)19)8-5-9-17(14)13(20)16-11-7-4-3-6-10(11)15/h3-4,6-7H,2,5,8-9H2,1H3,(H,16,20)(H,18,19). The summed E-state index contributed by atoms with van der Waals surface area (Å²) in [6.45, 7) is 2.10. The van der Waals surface area contributed by atoms with Crippen LogP contribution in [0.2, 0.25) is 0 Å². The Morgan fingerprint density at radius 3 is 2.75 bits per heavy atom. The van der Waals surface area contributed by atoms with E-state index in [9.17, 15) is 19.1 Å². The van der Waals surface area contributed by atoms with Crippen LogP contribution in [-0.4, -0.2) is 34.1 Å². The highest BCUT2D eigenvalue weighted by Gasteiger charge is 2.48. The van der Waals surface area contributed by atoms with Gasteiger partial charge in [-0.05, 0) is 31.4 Å². The molecule has 1 atom stereocenters. The first-order valence-corrected chi connectivity index (χ1v) is 6.58. The van der Waals surface area contributed by atoms with Crippen molar-refractivity contribution in [3.8, 4) is 0 Å². The highest BCUT2D eigenvalue weighted by Crippen LogP contribution is 2.33. The van der Waals surface area contributed by atoms with Gasteiger partial charge in [-0.3, -0.25) is 0 Å². The lowest BCUT2D eigenvalue weighted by Gasteiger charge is -2.33. The number of hydrogen-bond donors (Lipinski definition) is 2. The number of nitrogens with zero attached hydrogens (tertiary/aromatic N) is 1. The second-order valence-electron chi connectivity index (χ2n) is 4.86. The third kappa shape index (κ3) is 2.33. The molecular formula is C14H17FN2O3. The van der Waals surface area contributed by atoms with Gasteiger partial charge in [0.1, 0.15) is 11.4 Å². The number of benzene rings is 1. The largest absolute Gasteiger partial charge is 0.479 e. The molecule has 0 spiro atoms. The van der Waals surface area contributed by atoms with Gasteiger partial charge in [-0.2, -0.15) is 0 Å². The number of rotatable bonds is 3. The maximum atomic E-state index is 13.5. The smallest absolute Gasteiger partial charge is 0.329 e. The number of carbonyl (C=O) groups excluding carboxylic acids is 1. The molecule has 0 bridgehead atoms. The van der Waals surface area contributed by atoms with Gasteiger partial charge in [0.2, 0.25) is 0 Å². The molecule has 108 valence electrons. The molecule has 1 unspecified atom stereocenters. The van der Waals surface area contributed by atoms with E-state index >= 15 is 0 Å². The number of aliphatic carboxylic acids is 1. The van der Waals surface area contributed by atoms with Crippen molar-refractivity contribution in [1.29, 1.82) is 0 Å². The number of amides is 2. The molecule has 2 rings (SSSR count). The zero-order valence-corrected chi connectivity index (χ0v) is 11.2. The summed E-state index contributed by atoms with van der Waals surface area (Å²) in [6.07, 6.45) is 1.38. The lowest BCUT2D eigenvalue weighted by molar-refractivity contribution is -0.148. The summed E-state index contributed by atoms with van der Waals surface area (Å²) in [4.78, 5) is 25.0. The van der Waals surface area contributed by atoms with Crippen LogP contribution in [0.1, 0.15) is 26.2 Å². The van der Waals surface area contributed by atoms with Crippen LogP contribution < -0.4 is 5.32 Å². The van der Waals surface area contributed by atoms with Gasteiger partial charge in [0.15, 0.2) is 0 Å². The van der Waals surface area contributed by atoms with Crippen molar-refractivity contribution >= 4 is 17.7 Å². The van der Waals surface area contributed by atoms with Gasteiger partial charge in [0.25, 0.3) is 0 Å². The molecule has 2 N–H and O–H groups in total. The van der Waals surface area contributed by atoms with Gasteiger partial charge in [-0.25, -0.2) is 14.0 Å². The minimum absolute atomic E-state index is 0.0554. The molecule has 1 heterocycles. The first kappa shape index (κ1) is 14.3. The molecule has 1 fully saturated rings. The van der Waals surface area contributed by atoms with Gasteiger partial charge in [-0.15, -0.1) is 0 Å². The molecule has 20 heavy (non-hydrogen) atoms. The number of carbonyl (C=O) groups is 2. The van der Waals surface area contributed by atoms with Crippen LogP contribution in [0.5, 0.6) is 0 Å². The summed E-state index contributed by atoms with van der Waals surface area (Å²) < 4.78 is 13.5. The van der Waals surface area contributed by atoms with Crippen LogP contribution >= 0.6 is 0 Å². The van der Waals surface area contributed by atoms with E-state index in [1.54, 1.807) is 13.0 Å². The maximum absolute atomic E-state index is 13.5. The summed E-state index contributed by atoms with van der Waals surface area (Å²) >= 11 is 0. The van der Waals surface area contributed by atoms with Gasteiger partial charge in [0, 0.05) is 6.54 Å². The van der Waals surface area contributed by atoms with Gasteiger partial charge in [-0.1, -0.05) is 19.1 Å². The average Bonchev–Trinajstić information content (AvgIpc) is 2.86. The zero-order valence-electron chi connectivity index (χ0n) is 11.2. The third-order valence-corrected chi connectivity index (χ3v) is 3.83. The fraction of sp³-hybridized carbons (Fsp3) is 0.429. The van der Waals surface area contributed by atoms with Gasteiger partial charge in [0.05, 0.1) is 5.69 Å². The van der Waals surface area contributed by atoms with Crippen molar-refractivity contribution in [2.45, 2.75) is 31.7 Å². The molecule has 0 aliphatic carbocycles. The van der Waals surface area contributed by atoms with E-state index in [4.69, 9.17) is 0 Å². The lowest BCUT2D eigenvalue weighted by Crippen LogP contribution is -2.54. The Morgan fingerprint density at radius 2 is 2.15 bits per heavy atom. The molecule has 0 saturated carbocycles. The average molecular weight is 280 g/mol. The zero-order chi connectivity index (χ0) is 14.8. The monoisotopic (exact) mass is 280 g/mol. The predicted octanol–water partition coefficient (Wildman–Crippen LogP) is 2.69. The molecule has 1 aromatic rings. The Kier molecular flexibility index (Phi) is 3.92. The molecule has 6 heteroatoms. The third-order valence-electron chi connectivity index (χ3n) is 3.83. The van der Waals surface area contributed by atoms with Crippen molar-refractivity contribution in [1.82, 2.24) is 4.90 Å². The van der Waals surface area contributed by atoms with Crippen LogP contribution in [-0.2, 0) is 4.79 Å². The number of likely N-dealkylation sites (tertiary alicyclic amines) is 1. The first-order chi connectivity index (χ1) is 9.51. The fourth-order valence-corrected chi connectivity index (χ4v) is 2.66. The second-order valence-corrected chi connectivity index (χ2v) is 4.86. The number of urea groups is 1. The minimum Gasteiger partial charge on any atom is -0.479 e. The molecule has 0 aromatic heterocycles. The number of para-hydroxylation sites is 1. The summed E-state index contributed by atoms with van der Waals surface area (Å²) in [5.74, 6) is -1.56. The van der Waals surface area contributed by atoms with E-state index in [0.29, 0.717) is 25.8 Å². The normalized spacial score (nSPS) is 21.8. The fourth-order valence-electron chi connectivity index (χ4n) is 2.66. The minimum atomic E-state index is -1.19. The number of halogens is 1. The number of nitrogens with one attached hydrogen (secondary N) is 1. The van der Waals surface area contributed by atoms with Crippen molar-refractivity contribution in [3.05, 3.63) is 30.1 Å². The Bertz CT molecular complexity index is 535. The number of carboxylic acid groups (broad SMARTS) is 1. The molecule has 1 aromatic carbocycles. The summed E-state index contributed by atoms with van der Waals surface area (Å²) in [6, 6.07) is 5.24.